The zero-order valence-corrected chi connectivity index (χ0v) is 15.8. The van der Waals surface area contributed by atoms with Crippen LogP contribution in [0.3, 0.4) is 0 Å². The van der Waals surface area contributed by atoms with Crippen LogP contribution >= 0.6 is 0 Å². The lowest BCUT2D eigenvalue weighted by atomic mass is 10.0. The van der Waals surface area contributed by atoms with Crippen molar-refractivity contribution in [2.24, 2.45) is 0 Å². The Morgan fingerprint density at radius 3 is 2.62 bits per heavy atom. The van der Waals surface area contributed by atoms with E-state index in [1.165, 1.54) is 0 Å². The molecule has 0 saturated heterocycles. The van der Waals surface area contributed by atoms with Crippen LogP contribution in [0.15, 0.2) is 66.7 Å². The van der Waals surface area contributed by atoms with Gasteiger partial charge in [0.05, 0.1) is 13.0 Å². The first-order valence-corrected chi connectivity index (χ1v) is 9.46. The third-order valence-corrected chi connectivity index (χ3v) is 4.67. The van der Waals surface area contributed by atoms with Gasteiger partial charge in [-0.2, -0.15) is 0 Å². The van der Waals surface area contributed by atoms with Crippen LogP contribution in [0.25, 0.3) is 10.8 Å². The van der Waals surface area contributed by atoms with Gasteiger partial charge in [0.25, 0.3) is 5.91 Å². The van der Waals surface area contributed by atoms with Gasteiger partial charge < -0.3 is 19.5 Å². The van der Waals surface area contributed by atoms with Crippen molar-refractivity contribution in [2.45, 2.75) is 12.5 Å². The molecule has 0 aliphatic carbocycles. The van der Waals surface area contributed by atoms with Crippen molar-refractivity contribution in [3.05, 3.63) is 72.3 Å². The van der Waals surface area contributed by atoms with Crippen LogP contribution < -0.4 is 14.8 Å². The summed E-state index contributed by atoms with van der Waals surface area (Å²) in [6, 6.07) is 21.0. The Morgan fingerprint density at radius 1 is 0.966 bits per heavy atom. The van der Waals surface area contributed by atoms with Gasteiger partial charge in [-0.3, -0.25) is 9.59 Å². The zero-order valence-electron chi connectivity index (χ0n) is 15.8. The molecule has 0 fully saturated rings. The number of carbonyl (C=O) groups is 2. The molecular formula is C23H21NO5. The van der Waals surface area contributed by atoms with Gasteiger partial charge in [0, 0.05) is 0 Å². The first kappa shape index (κ1) is 18.8. The fourth-order valence-electron chi connectivity index (χ4n) is 3.24. The van der Waals surface area contributed by atoms with E-state index in [2.05, 4.69) is 5.32 Å². The molecule has 1 aliphatic rings. The van der Waals surface area contributed by atoms with E-state index in [0.29, 0.717) is 18.1 Å². The number of ether oxygens (including phenoxy) is 3. The van der Waals surface area contributed by atoms with Gasteiger partial charge in [-0.05, 0) is 28.5 Å². The highest BCUT2D eigenvalue weighted by atomic mass is 16.6. The highest BCUT2D eigenvalue weighted by Crippen LogP contribution is 2.30. The average molecular weight is 391 g/mol. The SMILES string of the molecule is O=C(COC(=O)Cc1cccc2ccccc12)NC[C@H]1COc2ccccc2O1. The summed E-state index contributed by atoms with van der Waals surface area (Å²) in [4.78, 5) is 24.2. The average Bonchev–Trinajstić information content (AvgIpc) is 2.76. The Morgan fingerprint density at radius 2 is 1.72 bits per heavy atom. The largest absolute Gasteiger partial charge is 0.486 e. The van der Waals surface area contributed by atoms with Crippen molar-refractivity contribution in [1.29, 1.82) is 0 Å². The van der Waals surface area contributed by atoms with Crippen LogP contribution in [-0.2, 0) is 20.7 Å². The van der Waals surface area contributed by atoms with Crippen molar-refractivity contribution < 1.29 is 23.8 Å². The van der Waals surface area contributed by atoms with E-state index in [4.69, 9.17) is 14.2 Å². The molecule has 0 saturated carbocycles. The van der Waals surface area contributed by atoms with Crippen molar-refractivity contribution in [3.63, 3.8) is 0 Å². The number of carbonyl (C=O) groups excluding carboxylic acids is 2. The van der Waals surface area contributed by atoms with Crippen LogP contribution in [0.5, 0.6) is 11.5 Å². The van der Waals surface area contributed by atoms with Gasteiger partial charge in [0.15, 0.2) is 18.1 Å². The maximum Gasteiger partial charge on any atom is 0.310 e. The predicted molar refractivity (Wildman–Crippen MR) is 108 cm³/mol. The summed E-state index contributed by atoms with van der Waals surface area (Å²) in [6.45, 7) is 0.292. The van der Waals surface area contributed by atoms with Crippen LogP contribution in [-0.4, -0.2) is 37.7 Å². The number of para-hydroxylation sites is 2. The third kappa shape index (κ3) is 4.66. The second-order valence-corrected chi connectivity index (χ2v) is 6.78. The summed E-state index contributed by atoms with van der Waals surface area (Å²) in [6.07, 6.45) is -0.175. The zero-order chi connectivity index (χ0) is 20.1. The van der Waals surface area contributed by atoms with Crippen LogP contribution in [0, 0.1) is 0 Å². The van der Waals surface area contributed by atoms with E-state index in [1.54, 1.807) is 0 Å². The smallest absolute Gasteiger partial charge is 0.310 e. The number of amides is 1. The number of fused-ring (bicyclic) bond motifs is 2. The normalized spacial score (nSPS) is 15.0. The van der Waals surface area contributed by atoms with Gasteiger partial charge in [0.2, 0.25) is 0 Å². The Labute approximate surface area is 168 Å². The molecule has 0 bridgehead atoms. The number of hydrogen-bond donors (Lipinski definition) is 1. The summed E-state index contributed by atoms with van der Waals surface area (Å²) < 4.78 is 16.5. The molecular weight excluding hydrogens is 370 g/mol. The minimum Gasteiger partial charge on any atom is -0.486 e. The van der Waals surface area contributed by atoms with Crippen LogP contribution in [0.2, 0.25) is 0 Å². The van der Waals surface area contributed by atoms with Gasteiger partial charge in [-0.1, -0.05) is 54.6 Å². The lowest BCUT2D eigenvalue weighted by Gasteiger charge is -2.26. The fourth-order valence-corrected chi connectivity index (χ4v) is 3.24. The summed E-state index contributed by atoms with van der Waals surface area (Å²) in [5, 5.41) is 4.78. The lowest BCUT2D eigenvalue weighted by Crippen LogP contribution is -2.42. The van der Waals surface area contributed by atoms with E-state index in [0.717, 1.165) is 16.3 Å². The minimum absolute atomic E-state index is 0.116. The Balaban J connectivity index is 1.23. The molecule has 1 heterocycles. The molecule has 29 heavy (non-hydrogen) atoms. The number of esters is 1. The Kier molecular flexibility index (Phi) is 5.61. The molecule has 6 nitrogen and oxygen atoms in total. The second kappa shape index (κ2) is 8.65. The van der Waals surface area contributed by atoms with Gasteiger partial charge in [-0.25, -0.2) is 0 Å². The molecule has 0 spiro atoms. The van der Waals surface area contributed by atoms with Gasteiger partial charge in [-0.15, -0.1) is 0 Å². The molecule has 1 N–H and O–H groups in total. The molecule has 0 aromatic heterocycles. The van der Waals surface area contributed by atoms with E-state index in [9.17, 15) is 9.59 Å². The van der Waals surface area contributed by atoms with Crippen LogP contribution in [0.4, 0.5) is 0 Å². The number of nitrogens with one attached hydrogen (secondary N) is 1. The summed E-state index contributed by atoms with van der Waals surface area (Å²) in [5.74, 6) is 0.526. The number of hydrogen-bond acceptors (Lipinski definition) is 5. The third-order valence-electron chi connectivity index (χ3n) is 4.67. The quantitative estimate of drug-likeness (QED) is 0.654. The van der Waals surface area contributed by atoms with Gasteiger partial charge in [0.1, 0.15) is 12.7 Å². The molecule has 1 aliphatic heterocycles. The highest BCUT2D eigenvalue weighted by Gasteiger charge is 2.21. The van der Waals surface area contributed by atoms with E-state index in [-0.39, 0.29) is 31.6 Å². The molecule has 0 radical (unpaired) electrons. The second-order valence-electron chi connectivity index (χ2n) is 6.78. The molecule has 0 unspecified atom stereocenters. The van der Waals surface area contributed by atoms with E-state index >= 15 is 0 Å². The van der Waals surface area contributed by atoms with Crippen LogP contribution in [0.1, 0.15) is 5.56 Å². The molecule has 4 rings (SSSR count). The van der Waals surface area contributed by atoms with Gasteiger partial charge >= 0.3 is 5.97 Å². The summed E-state index contributed by atoms with van der Waals surface area (Å²) in [5.41, 5.74) is 0.875. The molecule has 3 aromatic carbocycles. The number of benzene rings is 3. The highest BCUT2D eigenvalue weighted by molar-refractivity contribution is 5.89. The number of rotatable bonds is 6. The van der Waals surface area contributed by atoms with Crippen molar-refractivity contribution in [2.75, 3.05) is 19.8 Å². The predicted octanol–water partition coefficient (Wildman–Crippen LogP) is 2.88. The summed E-state index contributed by atoms with van der Waals surface area (Å²) >= 11 is 0. The molecule has 1 amide bonds. The Bertz CT molecular complexity index is 1030. The van der Waals surface area contributed by atoms with Crippen molar-refractivity contribution >= 4 is 22.6 Å². The fraction of sp³-hybridized carbons (Fsp3) is 0.217. The molecule has 148 valence electrons. The standard InChI is InChI=1S/C23H21NO5/c25-22(24-13-18-14-27-20-10-3-4-11-21(20)29-18)15-28-23(26)12-17-8-5-7-16-6-1-2-9-19(16)17/h1-11,18H,12-15H2,(H,24,25)/t18-/m0/s1. The van der Waals surface area contributed by atoms with E-state index in [1.807, 2.05) is 66.7 Å². The maximum atomic E-state index is 12.2. The van der Waals surface area contributed by atoms with Crippen molar-refractivity contribution in [3.8, 4) is 11.5 Å². The topological polar surface area (TPSA) is 73.9 Å². The molecule has 1 atom stereocenters. The monoisotopic (exact) mass is 391 g/mol. The maximum absolute atomic E-state index is 12.2. The lowest BCUT2D eigenvalue weighted by molar-refractivity contribution is -0.148. The van der Waals surface area contributed by atoms with E-state index < -0.39 is 5.97 Å². The molecule has 3 aromatic rings. The van der Waals surface area contributed by atoms with Crippen molar-refractivity contribution in [1.82, 2.24) is 5.32 Å². The summed E-state index contributed by atoms with van der Waals surface area (Å²) in [7, 11) is 0. The Hall–Kier alpha value is -3.54. The first-order chi connectivity index (χ1) is 14.2. The first-order valence-electron chi connectivity index (χ1n) is 9.46. The molecule has 6 heteroatoms. The minimum atomic E-state index is -0.442.